The zero-order valence-electron chi connectivity index (χ0n) is 19.6. The third-order valence-corrected chi connectivity index (χ3v) is 6.25. The first-order valence-corrected chi connectivity index (χ1v) is 11.5. The summed E-state index contributed by atoms with van der Waals surface area (Å²) < 4.78 is 7.61. The zero-order chi connectivity index (χ0) is 24.4. The highest BCUT2D eigenvalue weighted by Crippen LogP contribution is 2.38. The van der Waals surface area contributed by atoms with Crippen LogP contribution in [0, 0.1) is 10.1 Å². The highest BCUT2D eigenvalue weighted by molar-refractivity contribution is 5.95. The summed E-state index contributed by atoms with van der Waals surface area (Å²) >= 11 is 0. The van der Waals surface area contributed by atoms with Crippen LogP contribution in [0.1, 0.15) is 12.8 Å². The lowest BCUT2D eigenvalue weighted by Gasteiger charge is -2.25. The normalized spacial score (nSPS) is 15.7. The summed E-state index contributed by atoms with van der Waals surface area (Å²) in [6.07, 6.45) is 5.66. The lowest BCUT2D eigenvalue weighted by molar-refractivity contribution is -0.383. The highest BCUT2D eigenvalue weighted by Gasteiger charge is 2.23. The second kappa shape index (κ2) is 9.59. The van der Waals surface area contributed by atoms with E-state index in [-0.39, 0.29) is 11.7 Å². The summed E-state index contributed by atoms with van der Waals surface area (Å²) in [6.45, 7) is 1.72. The van der Waals surface area contributed by atoms with Crippen molar-refractivity contribution in [3.63, 3.8) is 0 Å². The molecule has 2 aromatic heterocycles. The fourth-order valence-corrected chi connectivity index (χ4v) is 4.53. The number of benzene rings is 2. The van der Waals surface area contributed by atoms with Gasteiger partial charge in [0.2, 0.25) is 5.95 Å². The number of ether oxygens (including phenoxy) is 1. The van der Waals surface area contributed by atoms with Crippen molar-refractivity contribution in [3.8, 4) is 17.0 Å². The van der Waals surface area contributed by atoms with Gasteiger partial charge in [-0.25, -0.2) is 9.97 Å². The number of para-hydroxylation sites is 1. The minimum atomic E-state index is -0.392. The molecule has 35 heavy (non-hydrogen) atoms. The zero-order valence-corrected chi connectivity index (χ0v) is 19.6. The number of nitrogens with one attached hydrogen (secondary N) is 3. The van der Waals surface area contributed by atoms with Gasteiger partial charge in [0.15, 0.2) is 0 Å². The molecular formula is C25H27N7O3. The van der Waals surface area contributed by atoms with Gasteiger partial charge in [-0.2, -0.15) is 0 Å². The molecule has 10 nitrogen and oxygen atoms in total. The van der Waals surface area contributed by atoms with Crippen molar-refractivity contribution < 1.29 is 9.66 Å². The maximum absolute atomic E-state index is 11.9. The van der Waals surface area contributed by atoms with E-state index >= 15 is 0 Å². The van der Waals surface area contributed by atoms with Gasteiger partial charge in [0.25, 0.3) is 5.69 Å². The SMILES string of the molecule is COc1cc(NC2CCCNC2)c([N+](=O)[O-])cc1Nc1nccc(-c2cn(C)c3ccccc23)n1. The van der Waals surface area contributed by atoms with Crippen LogP contribution in [-0.4, -0.2) is 45.7 Å². The van der Waals surface area contributed by atoms with Gasteiger partial charge in [-0.05, 0) is 31.5 Å². The van der Waals surface area contributed by atoms with Gasteiger partial charge in [-0.15, -0.1) is 0 Å². The molecule has 180 valence electrons. The van der Waals surface area contributed by atoms with Crippen molar-refractivity contribution in [3.05, 3.63) is 65.0 Å². The second-order valence-corrected chi connectivity index (χ2v) is 8.58. The van der Waals surface area contributed by atoms with Crippen molar-refractivity contribution in [2.75, 3.05) is 30.8 Å². The van der Waals surface area contributed by atoms with E-state index in [1.807, 2.05) is 31.4 Å². The number of rotatable bonds is 7. The van der Waals surface area contributed by atoms with Gasteiger partial charge in [-0.1, -0.05) is 18.2 Å². The summed E-state index contributed by atoms with van der Waals surface area (Å²) in [4.78, 5) is 20.5. The van der Waals surface area contributed by atoms with Crippen molar-refractivity contribution in [2.24, 2.45) is 7.05 Å². The van der Waals surface area contributed by atoms with Crippen molar-refractivity contribution in [2.45, 2.75) is 18.9 Å². The Kier molecular flexibility index (Phi) is 6.19. The Labute approximate surface area is 202 Å². The molecule has 1 aliphatic heterocycles. The van der Waals surface area contributed by atoms with Crippen molar-refractivity contribution >= 4 is 33.9 Å². The molecule has 4 aromatic rings. The van der Waals surface area contributed by atoms with Crippen LogP contribution in [0.25, 0.3) is 22.2 Å². The monoisotopic (exact) mass is 473 g/mol. The fourth-order valence-electron chi connectivity index (χ4n) is 4.53. The van der Waals surface area contributed by atoms with Gasteiger partial charge in [0.05, 0.1) is 23.4 Å². The minimum Gasteiger partial charge on any atom is -0.494 e. The Bertz CT molecular complexity index is 1380. The van der Waals surface area contributed by atoms with Gasteiger partial charge >= 0.3 is 0 Å². The molecule has 0 bridgehead atoms. The second-order valence-electron chi connectivity index (χ2n) is 8.58. The van der Waals surface area contributed by atoms with Crippen LogP contribution in [-0.2, 0) is 7.05 Å². The average molecular weight is 474 g/mol. The van der Waals surface area contributed by atoms with Crippen LogP contribution in [0.5, 0.6) is 5.75 Å². The van der Waals surface area contributed by atoms with Crippen LogP contribution in [0.4, 0.5) is 23.0 Å². The number of hydrogen-bond acceptors (Lipinski definition) is 8. The lowest BCUT2D eigenvalue weighted by atomic mass is 10.1. The van der Waals surface area contributed by atoms with Gasteiger partial charge in [0, 0.05) is 60.6 Å². The first kappa shape index (κ1) is 22.6. The molecule has 0 aliphatic carbocycles. The number of anilines is 3. The number of hydrogen-bond donors (Lipinski definition) is 3. The van der Waals surface area contributed by atoms with Gasteiger partial charge < -0.3 is 25.3 Å². The Hall–Kier alpha value is -4.18. The molecular weight excluding hydrogens is 446 g/mol. The quantitative estimate of drug-likeness (QED) is 0.266. The molecule has 0 amide bonds. The Morgan fingerprint density at radius 3 is 2.86 bits per heavy atom. The number of piperidine rings is 1. The van der Waals surface area contributed by atoms with E-state index in [2.05, 4.69) is 42.6 Å². The number of fused-ring (bicyclic) bond motifs is 1. The minimum absolute atomic E-state index is 0.0379. The number of nitrogens with zero attached hydrogens (tertiary/aromatic N) is 4. The van der Waals surface area contributed by atoms with E-state index in [1.165, 1.54) is 13.2 Å². The van der Waals surface area contributed by atoms with Crippen LogP contribution in [0.3, 0.4) is 0 Å². The molecule has 3 heterocycles. The highest BCUT2D eigenvalue weighted by atomic mass is 16.6. The largest absolute Gasteiger partial charge is 0.494 e. The molecule has 5 rings (SSSR count). The molecule has 0 radical (unpaired) electrons. The summed E-state index contributed by atoms with van der Waals surface area (Å²) in [5, 5.41) is 22.7. The number of nitro groups is 1. The average Bonchev–Trinajstić information content (AvgIpc) is 3.22. The molecule has 1 saturated heterocycles. The van der Waals surface area contributed by atoms with E-state index in [9.17, 15) is 10.1 Å². The summed E-state index contributed by atoms with van der Waals surface area (Å²) in [6, 6.07) is 13.2. The Morgan fingerprint density at radius 2 is 2.09 bits per heavy atom. The predicted octanol–water partition coefficient (Wildman–Crippen LogP) is 4.46. The molecule has 1 aliphatic rings. The Balaban J connectivity index is 1.47. The van der Waals surface area contributed by atoms with Crippen LogP contribution >= 0.6 is 0 Å². The number of nitro benzene ring substituents is 1. The third kappa shape index (κ3) is 4.60. The van der Waals surface area contributed by atoms with Crippen molar-refractivity contribution in [1.29, 1.82) is 0 Å². The summed E-state index contributed by atoms with van der Waals surface area (Å²) in [7, 11) is 3.53. The summed E-state index contributed by atoms with van der Waals surface area (Å²) in [5.41, 5.74) is 3.63. The summed E-state index contributed by atoms with van der Waals surface area (Å²) in [5.74, 6) is 0.779. The van der Waals surface area contributed by atoms with Crippen LogP contribution in [0.2, 0.25) is 0 Å². The number of aryl methyl sites for hydroxylation is 1. The van der Waals surface area contributed by atoms with E-state index < -0.39 is 4.92 Å². The smallest absolute Gasteiger partial charge is 0.294 e. The van der Waals surface area contributed by atoms with Crippen LogP contribution < -0.4 is 20.7 Å². The predicted molar refractivity (Wildman–Crippen MR) is 136 cm³/mol. The van der Waals surface area contributed by atoms with E-state index in [0.29, 0.717) is 23.1 Å². The number of aromatic nitrogens is 3. The Morgan fingerprint density at radius 1 is 1.23 bits per heavy atom. The standard InChI is InChI=1S/C25H27N7O3/c1-31-15-18(17-7-3-4-8-22(17)31)19-9-11-27-25(29-19)30-21-12-23(32(33)34)20(13-24(21)35-2)28-16-6-5-10-26-14-16/h3-4,7-9,11-13,15-16,26,28H,5-6,10,14H2,1-2H3,(H,27,29,30). The molecule has 0 spiro atoms. The van der Waals surface area contributed by atoms with E-state index in [0.717, 1.165) is 48.1 Å². The topological polar surface area (TPSA) is 119 Å². The molecule has 2 aromatic carbocycles. The molecule has 0 saturated carbocycles. The third-order valence-electron chi connectivity index (χ3n) is 6.25. The maximum atomic E-state index is 11.9. The molecule has 3 N–H and O–H groups in total. The van der Waals surface area contributed by atoms with Gasteiger partial charge in [-0.3, -0.25) is 10.1 Å². The van der Waals surface area contributed by atoms with Crippen molar-refractivity contribution in [1.82, 2.24) is 19.9 Å². The first-order valence-electron chi connectivity index (χ1n) is 11.5. The van der Waals surface area contributed by atoms with E-state index in [1.54, 1.807) is 12.3 Å². The molecule has 1 atom stereocenters. The first-order chi connectivity index (χ1) is 17.0. The van der Waals surface area contributed by atoms with E-state index in [4.69, 9.17) is 4.74 Å². The maximum Gasteiger partial charge on any atom is 0.294 e. The fraction of sp³-hybridized carbons (Fsp3) is 0.280. The molecule has 10 heteroatoms. The molecule has 1 unspecified atom stereocenters. The molecule has 1 fully saturated rings. The van der Waals surface area contributed by atoms with Crippen LogP contribution in [0.15, 0.2) is 54.9 Å². The lowest BCUT2D eigenvalue weighted by Crippen LogP contribution is -2.38. The number of methoxy groups -OCH3 is 1. The van der Waals surface area contributed by atoms with Gasteiger partial charge in [0.1, 0.15) is 11.4 Å².